The van der Waals surface area contributed by atoms with Gasteiger partial charge in [0.05, 0.1) is 18.5 Å². The molecule has 3 nitrogen and oxygen atoms in total. The van der Waals surface area contributed by atoms with Crippen LogP contribution in [0.4, 0.5) is 11.4 Å². The molecule has 16 heavy (non-hydrogen) atoms. The summed E-state index contributed by atoms with van der Waals surface area (Å²) in [6.45, 7) is 0. The monoisotopic (exact) mass is 214 g/mol. The van der Waals surface area contributed by atoms with E-state index in [1.807, 2.05) is 54.6 Å². The molecule has 0 amide bonds. The van der Waals surface area contributed by atoms with Crippen LogP contribution in [0.15, 0.2) is 54.6 Å². The summed E-state index contributed by atoms with van der Waals surface area (Å²) < 4.78 is 5.10. The van der Waals surface area contributed by atoms with Crippen LogP contribution in [0.2, 0.25) is 0 Å². The Kier molecular flexibility index (Phi) is 3.08. The standard InChI is InChI=1S/C13H14N2O/c1-16-13-9-7-12(8-10-13)15(14)11-5-3-2-4-6-11/h2-10H,14H2,1H3. The van der Waals surface area contributed by atoms with Crippen LogP contribution in [0.5, 0.6) is 5.75 Å². The zero-order chi connectivity index (χ0) is 11.4. The topological polar surface area (TPSA) is 38.5 Å². The highest BCUT2D eigenvalue weighted by Gasteiger charge is 2.03. The predicted octanol–water partition coefficient (Wildman–Crippen LogP) is 2.71. The van der Waals surface area contributed by atoms with Crippen molar-refractivity contribution in [2.24, 2.45) is 5.84 Å². The van der Waals surface area contributed by atoms with Crippen molar-refractivity contribution >= 4 is 11.4 Å². The van der Waals surface area contributed by atoms with Crippen molar-refractivity contribution in [3.05, 3.63) is 54.6 Å². The quantitative estimate of drug-likeness (QED) is 0.630. The molecular formula is C13H14N2O. The third-order valence-corrected chi connectivity index (χ3v) is 2.38. The van der Waals surface area contributed by atoms with Crippen molar-refractivity contribution < 1.29 is 4.74 Å². The molecule has 0 heterocycles. The first-order valence-corrected chi connectivity index (χ1v) is 5.05. The Bertz CT molecular complexity index is 439. The first-order valence-electron chi connectivity index (χ1n) is 5.05. The molecule has 0 aromatic heterocycles. The number of hydrazine groups is 1. The normalized spacial score (nSPS) is 9.88. The van der Waals surface area contributed by atoms with Gasteiger partial charge in [-0.2, -0.15) is 0 Å². The molecule has 2 N–H and O–H groups in total. The molecule has 3 heteroatoms. The van der Waals surface area contributed by atoms with E-state index < -0.39 is 0 Å². The second-order valence-electron chi connectivity index (χ2n) is 3.40. The van der Waals surface area contributed by atoms with E-state index in [0.29, 0.717) is 0 Å². The lowest BCUT2D eigenvalue weighted by Crippen LogP contribution is -2.24. The lowest BCUT2D eigenvalue weighted by Gasteiger charge is -2.18. The molecule has 0 aliphatic carbocycles. The van der Waals surface area contributed by atoms with Crippen LogP contribution in [0, 0.1) is 0 Å². The highest BCUT2D eigenvalue weighted by Crippen LogP contribution is 2.23. The largest absolute Gasteiger partial charge is 0.497 e. The van der Waals surface area contributed by atoms with E-state index in [2.05, 4.69) is 0 Å². The first kappa shape index (κ1) is 10.5. The maximum Gasteiger partial charge on any atom is 0.119 e. The van der Waals surface area contributed by atoms with Crippen LogP contribution in [-0.4, -0.2) is 7.11 Å². The maximum absolute atomic E-state index is 6.00. The maximum atomic E-state index is 6.00. The molecule has 82 valence electrons. The van der Waals surface area contributed by atoms with Crippen molar-refractivity contribution in [1.82, 2.24) is 0 Å². The van der Waals surface area contributed by atoms with Crippen molar-refractivity contribution in [3.8, 4) is 5.75 Å². The fraction of sp³-hybridized carbons (Fsp3) is 0.0769. The minimum atomic E-state index is 0.824. The van der Waals surface area contributed by atoms with E-state index in [4.69, 9.17) is 10.6 Å². The van der Waals surface area contributed by atoms with Gasteiger partial charge in [-0.1, -0.05) is 18.2 Å². The predicted molar refractivity (Wildman–Crippen MR) is 65.8 cm³/mol. The number of rotatable bonds is 3. The van der Waals surface area contributed by atoms with Crippen LogP contribution in [-0.2, 0) is 0 Å². The summed E-state index contributed by atoms with van der Waals surface area (Å²) in [6, 6.07) is 17.4. The summed E-state index contributed by atoms with van der Waals surface area (Å²) in [6.07, 6.45) is 0. The number of hydrogen-bond acceptors (Lipinski definition) is 3. The molecule has 0 saturated carbocycles. The minimum absolute atomic E-state index is 0.824. The van der Waals surface area contributed by atoms with Gasteiger partial charge >= 0.3 is 0 Å². The average Bonchev–Trinajstić information content (AvgIpc) is 2.39. The van der Waals surface area contributed by atoms with Gasteiger partial charge in [0.25, 0.3) is 0 Å². The number of hydrogen-bond donors (Lipinski definition) is 1. The SMILES string of the molecule is COc1ccc(N(N)c2ccccc2)cc1. The van der Waals surface area contributed by atoms with Gasteiger partial charge in [-0.25, -0.2) is 5.84 Å². The molecule has 0 atom stereocenters. The van der Waals surface area contributed by atoms with Gasteiger partial charge in [0, 0.05) is 0 Å². The molecule has 0 spiro atoms. The van der Waals surface area contributed by atoms with E-state index in [0.717, 1.165) is 17.1 Å². The first-order chi connectivity index (χ1) is 7.81. The van der Waals surface area contributed by atoms with Gasteiger partial charge in [0.1, 0.15) is 5.75 Å². The van der Waals surface area contributed by atoms with Crippen molar-refractivity contribution in [3.63, 3.8) is 0 Å². The van der Waals surface area contributed by atoms with Crippen molar-refractivity contribution in [1.29, 1.82) is 0 Å². The molecule has 0 fully saturated rings. The zero-order valence-electron chi connectivity index (χ0n) is 9.13. The summed E-state index contributed by atoms with van der Waals surface area (Å²) >= 11 is 0. The van der Waals surface area contributed by atoms with Crippen LogP contribution in [0.3, 0.4) is 0 Å². The molecule has 2 aromatic carbocycles. The number of methoxy groups -OCH3 is 1. The Labute approximate surface area is 95.0 Å². The number of nitrogens with two attached hydrogens (primary N) is 1. The molecule has 0 saturated heterocycles. The Hall–Kier alpha value is -2.00. The molecule has 0 radical (unpaired) electrons. The third-order valence-electron chi connectivity index (χ3n) is 2.38. The third kappa shape index (κ3) is 2.15. The number of para-hydroxylation sites is 1. The highest BCUT2D eigenvalue weighted by atomic mass is 16.5. The summed E-state index contributed by atoms with van der Waals surface area (Å²) in [5.41, 5.74) is 1.87. The number of ether oxygens (including phenoxy) is 1. The fourth-order valence-electron chi connectivity index (χ4n) is 1.48. The fourth-order valence-corrected chi connectivity index (χ4v) is 1.48. The van der Waals surface area contributed by atoms with Crippen molar-refractivity contribution in [2.45, 2.75) is 0 Å². The van der Waals surface area contributed by atoms with Crippen molar-refractivity contribution in [2.75, 3.05) is 12.1 Å². The van der Waals surface area contributed by atoms with Gasteiger partial charge < -0.3 is 4.74 Å². The minimum Gasteiger partial charge on any atom is -0.497 e. The van der Waals surface area contributed by atoms with E-state index in [1.165, 1.54) is 0 Å². The summed E-state index contributed by atoms with van der Waals surface area (Å²) in [5, 5.41) is 1.64. The Balaban J connectivity index is 2.24. The second-order valence-corrected chi connectivity index (χ2v) is 3.40. The van der Waals surface area contributed by atoms with E-state index >= 15 is 0 Å². The molecular weight excluding hydrogens is 200 g/mol. The zero-order valence-corrected chi connectivity index (χ0v) is 9.13. The van der Waals surface area contributed by atoms with Gasteiger partial charge in [-0.3, -0.25) is 5.01 Å². The lowest BCUT2D eigenvalue weighted by atomic mass is 10.2. The molecule has 0 bridgehead atoms. The van der Waals surface area contributed by atoms with Crippen LogP contribution >= 0.6 is 0 Å². The smallest absolute Gasteiger partial charge is 0.119 e. The Morgan fingerprint density at radius 2 is 1.44 bits per heavy atom. The molecule has 0 aliphatic rings. The molecule has 0 aliphatic heterocycles. The molecule has 2 rings (SSSR count). The lowest BCUT2D eigenvalue weighted by molar-refractivity contribution is 0.415. The van der Waals surface area contributed by atoms with Crippen LogP contribution in [0.25, 0.3) is 0 Å². The summed E-state index contributed by atoms with van der Waals surface area (Å²) in [7, 11) is 1.65. The van der Waals surface area contributed by atoms with Gasteiger partial charge in [0.15, 0.2) is 0 Å². The number of nitrogens with zero attached hydrogens (tertiary/aromatic N) is 1. The highest BCUT2D eigenvalue weighted by molar-refractivity contribution is 5.61. The Morgan fingerprint density at radius 1 is 0.875 bits per heavy atom. The van der Waals surface area contributed by atoms with Gasteiger partial charge in [-0.15, -0.1) is 0 Å². The van der Waals surface area contributed by atoms with Gasteiger partial charge in [0.2, 0.25) is 0 Å². The summed E-state index contributed by atoms with van der Waals surface area (Å²) in [5.74, 6) is 6.82. The Morgan fingerprint density at radius 3 is 2.00 bits per heavy atom. The second kappa shape index (κ2) is 4.68. The number of benzene rings is 2. The van der Waals surface area contributed by atoms with E-state index in [-0.39, 0.29) is 0 Å². The van der Waals surface area contributed by atoms with Gasteiger partial charge in [-0.05, 0) is 36.4 Å². The van der Waals surface area contributed by atoms with Crippen LogP contribution in [0.1, 0.15) is 0 Å². The average molecular weight is 214 g/mol. The molecule has 2 aromatic rings. The van der Waals surface area contributed by atoms with Crippen LogP contribution < -0.4 is 15.6 Å². The van der Waals surface area contributed by atoms with E-state index in [1.54, 1.807) is 12.1 Å². The molecule has 0 unspecified atom stereocenters. The number of anilines is 2. The summed E-state index contributed by atoms with van der Waals surface area (Å²) in [4.78, 5) is 0. The van der Waals surface area contributed by atoms with E-state index in [9.17, 15) is 0 Å².